The lowest BCUT2D eigenvalue weighted by atomic mass is 9.87. The molecule has 1 aromatic carbocycles. The Hall–Kier alpha value is -1.06. The van der Waals surface area contributed by atoms with Crippen molar-refractivity contribution < 1.29 is 9.53 Å². The molecule has 0 aromatic heterocycles. The van der Waals surface area contributed by atoms with Crippen molar-refractivity contribution in [1.29, 1.82) is 0 Å². The van der Waals surface area contributed by atoms with Gasteiger partial charge in [0.25, 0.3) is 0 Å². The predicted molar refractivity (Wildman–Crippen MR) is 69.1 cm³/mol. The van der Waals surface area contributed by atoms with Crippen molar-refractivity contribution in [3.05, 3.63) is 34.9 Å². The lowest BCUT2D eigenvalue weighted by molar-refractivity contribution is -0.141. The molecular weight excluding hydrogens is 238 g/mol. The van der Waals surface area contributed by atoms with Gasteiger partial charge in [0.2, 0.25) is 0 Å². The molecule has 4 heteroatoms. The molecule has 94 valence electrons. The van der Waals surface area contributed by atoms with Gasteiger partial charge in [-0.2, -0.15) is 0 Å². The van der Waals surface area contributed by atoms with E-state index in [-0.39, 0.29) is 24.3 Å². The van der Waals surface area contributed by atoms with Crippen LogP contribution < -0.4 is 5.73 Å². The summed E-state index contributed by atoms with van der Waals surface area (Å²) in [7, 11) is 1.38. The number of benzene rings is 1. The van der Waals surface area contributed by atoms with E-state index in [1.54, 1.807) is 0 Å². The van der Waals surface area contributed by atoms with Gasteiger partial charge in [0, 0.05) is 17.0 Å². The van der Waals surface area contributed by atoms with Crippen LogP contribution in [0.2, 0.25) is 5.02 Å². The van der Waals surface area contributed by atoms with Gasteiger partial charge in [-0.25, -0.2) is 0 Å². The number of methoxy groups -OCH3 is 1. The van der Waals surface area contributed by atoms with Crippen LogP contribution in [0.1, 0.15) is 31.2 Å². The van der Waals surface area contributed by atoms with Crippen LogP contribution in [0.5, 0.6) is 0 Å². The third kappa shape index (κ3) is 3.72. The SMILES string of the molecule is CCC(N)C(CC(=O)OC)c1ccccc1Cl. The third-order valence-electron chi connectivity index (χ3n) is 2.91. The lowest BCUT2D eigenvalue weighted by Crippen LogP contribution is -2.29. The summed E-state index contributed by atoms with van der Waals surface area (Å²) in [4.78, 5) is 11.4. The van der Waals surface area contributed by atoms with Gasteiger partial charge in [0.05, 0.1) is 13.5 Å². The van der Waals surface area contributed by atoms with Crippen LogP contribution in [-0.4, -0.2) is 19.1 Å². The van der Waals surface area contributed by atoms with Gasteiger partial charge in [-0.1, -0.05) is 36.7 Å². The van der Waals surface area contributed by atoms with Gasteiger partial charge >= 0.3 is 5.97 Å². The van der Waals surface area contributed by atoms with E-state index in [4.69, 9.17) is 22.1 Å². The first-order chi connectivity index (χ1) is 8.10. The third-order valence-corrected chi connectivity index (χ3v) is 3.25. The van der Waals surface area contributed by atoms with Crippen LogP contribution in [0, 0.1) is 0 Å². The van der Waals surface area contributed by atoms with Crippen molar-refractivity contribution in [1.82, 2.24) is 0 Å². The second-order valence-electron chi connectivity index (χ2n) is 3.98. The topological polar surface area (TPSA) is 52.3 Å². The minimum atomic E-state index is -0.265. The van der Waals surface area contributed by atoms with Crippen molar-refractivity contribution in [3.63, 3.8) is 0 Å². The molecule has 2 unspecified atom stereocenters. The number of rotatable bonds is 5. The summed E-state index contributed by atoms with van der Waals surface area (Å²) >= 11 is 6.14. The van der Waals surface area contributed by atoms with Gasteiger partial charge in [0.1, 0.15) is 0 Å². The highest BCUT2D eigenvalue weighted by molar-refractivity contribution is 6.31. The number of ether oxygens (including phenoxy) is 1. The highest BCUT2D eigenvalue weighted by Crippen LogP contribution is 2.30. The van der Waals surface area contributed by atoms with Crippen LogP contribution in [-0.2, 0) is 9.53 Å². The van der Waals surface area contributed by atoms with E-state index in [2.05, 4.69) is 0 Å². The molecule has 2 atom stereocenters. The van der Waals surface area contributed by atoms with Crippen molar-refractivity contribution in [2.45, 2.75) is 31.7 Å². The van der Waals surface area contributed by atoms with Gasteiger partial charge < -0.3 is 10.5 Å². The van der Waals surface area contributed by atoms with Gasteiger partial charge in [-0.3, -0.25) is 4.79 Å². The summed E-state index contributed by atoms with van der Waals surface area (Å²) in [5.41, 5.74) is 6.97. The second-order valence-corrected chi connectivity index (χ2v) is 4.39. The van der Waals surface area contributed by atoms with Gasteiger partial charge in [-0.15, -0.1) is 0 Å². The minimum Gasteiger partial charge on any atom is -0.469 e. The van der Waals surface area contributed by atoms with Gasteiger partial charge in [0.15, 0.2) is 0 Å². The van der Waals surface area contributed by atoms with E-state index in [0.717, 1.165) is 12.0 Å². The Labute approximate surface area is 107 Å². The van der Waals surface area contributed by atoms with E-state index in [1.165, 1.54) is 7.11 Å². The molecule has 0 radical (unpaired) electrons. The molecule has 0 aliphatic heterocycles. The molecule has 1 rings (SSSR count). The molecule has 2 N–H and O–H groups in total. The molecule has 0 bridgehead atoms. The van der Waals surface area contributed by atoms with Gasteiger partial charge in [-0.05, 0) is 18.1 Å². The Balaban J connectivity index is 2.98. The summed E-state index contributed by atoms with van der Waals surface area (Å²) in [6.45, 7) is 1.99. The highest BCUT2D eigenvalue weighted by atomic mass is 35.5. The lowest BCUT2D eigenvalue weighted by Gasteiger charge is -2.23. The van der Waals surface area contributed by atoms with Crippen molar-refractivity contribution in [2.75, 3.05) is 7.11 Å². The maximum atomic E-state index is 11.4. The standard InChI is InChI=1S/C13H18ClNO2/c1-3-12(15)10(8-13(16)17-2)9-6-4-5-7-11(9)14/h4-7,10,12H,3,8,15H2,1-2H3. The van der Waals surface area contributed by atoms with Crippen LogP contribution in [0.4, 0.5) is 0 Å². The van der Waals surface area contributed by atoms with E-state index < -0.39 is 0 Å². The number of esters is 1. The molecule has 0 heterocycles. The average Bonchev–Trinajstić information content (AvgIpc) is 2.35. The summed E-state index contributed by atoms with van der Waals surface area (Å²) in [5, 5.41) is 0.644. The van der Waals surface area contributed by atoms with Crippen LogP contribution >= 0.6 is 11.6 Å². The van der Waals surface area contributed by atoms with Crippen LogP contribution in [0.3, 0.4) is 0 Å². The zero-order valence-electron chi connectivity index (χ0n) is 10.2. The largest absolute Gasteiger partial charge is 0.469 e. The zero-order valence-corrected chi connectivity index (χ0v) is 10.9. The molecule has 1 aromatic rings. The molecule has 0 fully saturated rings. The average molecular weight is 256 g/mol. The summed E-state index contributed by atoms with van der Waals surface area (Å²) in [5.74, 6) is -0.361. The molecule has 0 aliphatic rings. The summed E-state index contributed by atoms with van der Waals surface area (Å²) in [6, 6.07) is 7.37. The van der Waals surface area contributed by atoms with E-state index >= 15 is 0 Å². The summed E-state index contributed by atoms with van der Waals surface area (Å²) in [6.07, 6.45) is 1.04. The van der Waals surface area contributed by atoms with Crippen molar-refractivity contribution in [3.8, 4) is 0 Å². The Morgan fingerprint density at radius 1 is 1.47 bits per heavy atom. The van der Waals surface area contributed by atoms with E-state index in [1.807, 2.05) is 31.2 Å². The monoisotopic (exact) mass is 255 g/mol. The smallest absolute Gasteiger partial charge is 0.306 e. The predicted octanol–water partition coefficient (Wildman–Crippen LogP) is 2.72. The van der Waals surface area contributed by atoms with Crippen LogP contribution in [0.25, 0.3) is 0 Å². The number of carbonyl (C=O) groups excluding carboxylic acids is 1. The molecule has 0 saturated heterocycles. The number of halogens is 1. The molecule has 0 spiro atoms. The fourth-order valence-corrected chi connectivity index (χ4v) is 2.09. The van der Waals surface area contributed by atoms with E-state index in [0.29, 0.717) is 5.02 Å². The molecule has 3 nitrogen and oxygen atoms in total. The molecule has 0 amide bonds. The Morgan fingerprint density at radius 2 is 2.12 bits per heavy atom. The summed E-state index contributed by atoms with van der Waals surface area (Å²) < 4.78 is 4.70. The number of hydrogen-bond acceptors (Lipinski definition) is 3. The zero-order chi connectivity index (χ0) is 12.8. The first-order valence-corrected chi connectivity index (χ1v) is 6.04. The molecule has 17 heavy (non-hydrogen) atoms. The molecule has 0 saturated carbocycles. The second kappa shape index (κ2) is 6.62. The number of nitrogens with two attached hydrogens (primary N) is 1. The normalized spacial score (nSPS) is 14.1. The van der Waals surface area contributed by atoms with Crippen molar-refractivity contribution >= 4 is 17.6 Å². The minimum absolute atomic E-state index is 0.0962. The highest BCUT2D eigenvalue weighted by Gasteiger charge is 2.23. The molecule has 0 aliphatic carbocycles. The fraction of sp³-hybridized carbons (Fsp3) is 0.462. The van der Waals surface area contributed by atoms with Crippen LogP contribution in [0.15, 0.2) is 24.3 Å². The maximum Gasteiger partial charge on any atom is 0.306 e. The quantitative estimate of drug-likeness (QED) is 0.823. The first kappa shape index (κ1) is 14.0. The Morgan fingerprint density at radius 3 is 2.65 bits per heavy atom. The maximum absolute atomic E-state index is 11.4. The fourth-order valence-electron chi connectivity index (χ4n) is 1.82. The Kier molecular flexibility index (Phi) is 5.45. The Bertz CT molecular complexity index is 381. The number of carbonyl (C=O) groups is 1. The number of hydrogen-bond donors (Lipinski definition) is 1. The van der Waals surface area contributed by atoms with E-state index in [9.17, 15) is 4.79 Å². The van der Waals surface area contributed by atoms with Crippen molar-refractivity contribution in [2.24, 2.45) is 5.73 Å². The first-order valence-electron chi connectivity index (χ1n) is 5.67. The molecular formula is C13H18ClNO2.